The molecule has 0 saturated heterocycles. The number of carbonyl (C=O) groups is 1. The molecule has 1 aliphatic rings. The van der Waals surface area contributed by atoms with Crippen LogP contribution in [0, 0.1) is 11.6 Å². The largest absolute Gasteiger partial charge is 0.487 e. The van der Waals surface area contributed by atoms with Gasteiger partial charge in [-0.1, -0.05) is 6.07 Å². The monoisotopic (exact) mass is 394 g/mol. The van der Waals surface area contributed by atoms with Crippen molar-refractivity contribution in [2.24, 2.45) is 0 Å². The summed E-state index contributed by atoms with van der Waals surface area (Å²) in [6.45, 7) is 3.55. The lowest BCUT2D eigenvalue weighted by Gasteiger charge is -2.22. The number of hydrogen-bond acceptors (Lipinski definition) is 3. The summed E-state index contributed by atoms with van der Waals surface area (Å²) >= 11 is 0. The van der Waals surface area contributed by atoms with Crippen molar-refractivity contribution >= 4 is 5.97 Å². The molecule has 0 amide bonds. The molecular formula is C21H21F3O4. The van der Waals surface area contributed by atoms with Gasteiger partial charge in [-0.25, -0.2) is 13.2 Å². The molecule has 0 aromatic heterocycles. The normalized spacial score (nSPS) is 16.8. The Morgan fingerprint density at radius 3 is 2.57 bits per heavy atom. The molecule has 3 rings (SSSR count). The van der Waals surface area contributed by atoms with E-state index < -0.39 is 35.3 Å². The third-order valence-electron chi connectivity index (χ3n) is 5.00. The average molecular weight is 394 g/mol. The molecule has 1 atom stereocenters. The number of benzene rings is 2. The standard InChI is InChI=1S/C21H21F3O4/c1-20(2)9-13-14(15(23)5-7-17(13)28-20)10-27-18-6-4-12(8-16(18)24)21(3,11-22)19(25)26/h4-8H,9-11H2,1-3H3,(H,25,26). The van der Waals surface area contributed by atoms with Crippen LogP contribution in [-0.4, -0.2) is 23.4 Å². The Hall–Kier alpha value is -2.70. The Kier molecular flexibility index (Phi) is 5.04. The van der Waals surface area contributed by atoms with E-state index in [2.05, 4.69) is 0 Å². The fourth-order valence-corrected chi connectivity index (χ4v) is 3.22. The van der Waals surface area contributed by atoms with Crippen LogP contribution in [0.15, 0.2) is 30.3 Å². The highest BCUT2D eigenvalue weighted by molar-refractivity contribution is 5.81. The molecule has 4 nitrogen and oxygen atoms in total. The molecule has 0 radical (unpaired) electrons. The molecule has 0 spiro atoms. The number of halogens is 3. The van der Waals surface area contributed by atoms with Crippen molar-refractivity contribution in [2.45, 2.75) is 44.8 Å². The zero-order chi connectivity index (χ0) is 20.7. The van der Waals surface area contributed by atoms with Crippen molar-refractivity contribution in [1.29, 1.82) is 0 Å². The van der Waals surface area contributed by atoms with E-state index in [1.165, 1.54) is 25.1 Å². The summed E-state index contributed by atoms with van der Waals surface area (Å²) in [5, 5.41) is 9.21. The second-order valence-corrected chi connectivity index (χ2v) is 7.75. The second-order valence-electron chi connectivity index (χ2n) is 7.75. The smallest absolute Gasteiger partial charge is 0.316 e. The summed E-state index contributed by atoms with van der Waals surface area (Å²) in [5.41, 5.74) is -1.38. The van der Waals surface area contributed by atoms with E-state index in [0.717, 1.165) is 6.07 Å². The Balaban J connectivity index is 1.84. The fourth-order valence-electron chi connectivity index (χ4n) is 3.22. The van der Waals surface area contributed by atoms with Crippen LogP contribution < -0.4 is 9.47 Å². The van der Waals surface area contributed by atoms with Gasteiger partial charge in [-0.2, -0.15) is 0 Å². The zero-order valence-electron chi connectivity index (χ0n) is 15.8. The van der Waals surface area contributed by atoms with Crippen LogP contribution in [0.1, 0.15) is 37.5 Å². The topological polar surface area (TPSA) is 55.8 Å². The van der Waals surface area contributed by atoms with Gasteiger partial charge in [0.05, 0.1) is 0 Å². The van der Waals surface area contributed by atoms with Gasteiger partial charge in [0.15, 0.2) is 11.6 Å². The summed E-state index contributed by atoms with van der Waals surface area (Å²) in [6.07, 6.45) is 0.494. The number of alkyl halides is 1. The molecule has 1 N–H and O–H groups in total. The molecule has 28 heavy (non-hydrogen) atoms. The highest BCUT2D eigenvalue weighted by Gasteiger charge is 2.36. The predicted octanol–water partition coefficient (Wildman–Crippen LogP) is 4.57. The van der Waals surface area contributed by atoms with Gasteiger partial charge in [0.1, 0.15) is 35.9 Å². The van der Waals surface area contributed by atoms with E-state index in [1.807, 2.05) is 13.8 Å². The van der Waals surface area contributed by atoms with Crippen molar-refractivity contribution in [3.8, 4) is 11.5 Å². The van der Waals surface area contributed by atoms with E-state index >= 15 is 0 Å². The van der Waals surface area contributed by atoms with E-state index in [0.29, 0.717) is 17.7 Å². The van der Waals surface area contributed by atoms with Crippen LogP contribution in [-0.2, 0) is 23.2 Å². The Morgan fingerprint density at radius 1 is 1.25 bits per heavy atom. The SMILES string of the molecule is CC1(C)Cc2c(ccc(F)c2COc2ccc(C(C)(CF)C(=O)O)cc2F)O1. The maximum absolute atomic E-state index is 14.4. The minimum absolute atomic E-state index is 0.0192. The van der Waals surface area contributed by atoms with E-state index in [-0.39, 0.29) is 23.5 Å². The molecule has 0 bridgehead atoms. The second kappa shape index (κ2) is 7.04. The summed E-state index contributed by atoms with van der Waals surface area (Å²) in [7, 11) is 0. The third-order valence-corrected chi connectivity index (χ3v) is 5.00. The van der Waals surface area contributed by atoms with Gasteiger partial charge >= 0.3 is 5.97 Å². The summed E-state index contributed by atoms with van der Waals surface area (Å²) in [5.74, 6) is -2.32. The van der Waals surface area contributed by atoms with Crippen LogP contribution in [0.2, 0.25) is 0 Å². The molecule has 0 fully saturated rings. The van der Waals surface area contributed by atoms with Gasteiger partial charge in [-0.15, -0.1) is 0 Å². The predicted molar refractivity (Wildman–Crippen MR) is 96.5 cm³/mol. The van der Waals surface area contributed by atoms with Crippen LogP contribution in [0.4, 0.5) is 13.2 Å². The van der Waals surface area contributed by atoms with Gasteiger partial charge in [0.25, 0.3) is 0 Å². The van der Waals surface area contributed by atoms with Crippen LogP contribution in [0.5, 0.6) is 11.5 Å². The van der Waals surface area contributed by atoms with Crippen molar-refractivity contribution < 1.29 is 32.5 Å². The molecule has 1 unspecified atom stereocenters. The van der Waals surface area contributed by atoms with Gasteiger partial charge in [0.2, 0.25) is 0 Å². The number of carboxylic acids is 1. The van der Waals surface area contributed by atoms with Crippen molar-refractivity contribution in [2.75, 3.05) is 6.67 Å². The highest BCUT2D eigenvalue weighted by atomic mass is 19.1. The minimum Gasteiger partial charge on any atom is -0.487 e. The number of fused-ring (bicyclic) bond motifs is 1. The number of aliphatic carboxylic acids is 1. The fraction of sp³-hybridized carbons (Fsp3) is 0.381. The molecule has 1 aliphatic heterocycles. The number of ether oxygens (including phenoxy) is 2. The first-order valence-electron chi connectivity index (χ1n) is 8.79. The van der Waals surface area contributed by atoms with Crippen LogP contribution >= 0.6 is 0 Å². The average Bonchev–Trinajstić information content (AvgIpc) is 2.95. The quantitative estimate of drug-likeness (QED) is 0.780. The summed E-state index contributed by atoms with van der Waals surface area (Å²) < 4.78 is 53.2. The first kappa shape index (κ1) is 20.0. The number of carboxylic acid groups (broad SMARTS) is 1. The first-order valence-corrected chi connectivity index (χ1v) is 8.79. The third kappa shape index (κ3) is 3.53. The zero-order valence-corrected chi connectivity index (χ0v) is 15.8. The molecule has 2 aromatic carbocycles. The van der Waals surface area contributed by atoms with Gasteiger partial charge in [0, 0.05) is 17.5 Å². The molecule has 7 heteroatoms. The van der Waals surface area contributed by atoms with Crippen molar-refractivity contribution in [1.82, 2.24) is 0 Å². The van der Waals surface area contributed by atoms with Crippen molar-refractivity contribution in [3.63, 3.8) is 0 Å². The van der Waals surface area contributed by atoms with Crippen LogP contribution in [0.25, 0.3) is 0 Å². The maximum Gasteiger partial charge on any atom is 0.316 e. The van der Waals surface area contributed by atoms with E-state index in [4.69, 9.17) is 9.47 Å². The molecule has 2 aromatic rings. The molecule has 0 aliphatic carbocycles. The molecule has 1 heterocycles. The van der Waals surface area contributed by atoms with E-state index in [1.54, 1.807) is 6.07 Å². The summed E-state index contributed by atoms with van der Waals surface area (Å²) in [4.78, 5) is 11.3. The summed E-state index contributed by atoms with van der Waals surface area (Å²) in [6, 6.07) is 6.29. The molecular weight excluding hydrogens is 373 g/mol. The first-order chi connectivity index (χ1) is 13.1. The Labute approximate surface area is 160 Å². The van der Waals surface area contributed by atoms with Crippen molar-refractivity contribution in [3.05, 3.63) is 58.7 Å². The molecule has 150 valence electrons. The number of rotatable bonds is 6. The lowest BCUT2D eigenvalue weighted by atomic mass is 9.84. The molecule has 0 saturated carbocycles. The highest BCUT2D eigenvalue weighted by Crippen LogP contribution is 2.38. The lowest BCUT2D eigenvalue weighted by molar-refractivity contribution is -0.143. The minimum atomic E-state index is -1.85. The van der Waals surface area contributed by atoms with Crippen LogP contribution in [0.3, 0.4) is 0 Å². The number of hydrogen-bond donors (Lipinski definition) is 1. The van der Waals surface area contributed by atoms with E-state index in [9.17, 15) is 23.1 Å². The Bertz CT molecular complexity index is 926. The van der Waals surface area contributed by atoms with Gasteiger partial charge in [-0.05, 0) is 50.6 Å². The maximum atomic E-state index is 14.4. The Morgan fingerprint density at radius 2 is 1.96 bits per heavy atom. The van der Waals surface area contributed by atoms with Gasteiger partial charge < -0.3 is 14.6 Å². The van der Waals surface area contributed by atoms with Gasteiger partial charge in [-0.3, -0.25) is 4.79 Å². The lowest BCUT2D eigenvalue weighted by Crippen LogP contribution is -2.34.